The van der Waals surface area contributed by atoms with E-state index in [1.54, 1.807) is 7.11 Å². The van der Waals surface area contributed by atoms with Crippen molar-refractivity contribution in [2.45, 2.75) is 25.7 Å². The predicted molar refractivity (Wildman–Crippen MR) is 111 cm³/mol. The number of ether oxygens (including phenoxy) is 2. The van der Waals surface area contributed by atoms with E-state index < -0.39 is 0 Å². The summed E-state index contributed by atoms with van der Waals surface area (Å²) in [5.41, 5.74) is 1.15. The third-order valence-corrected chi connectivity index (χ3v) is 5.78. The number of para-hydroxylation sites is 1. The number of nitrogens with zero attached hydrogens (tertiary/aromatic N) is 2. The molecule has 2 aliphatic rings. The number of carbonyl (C=O) groups excluding carboxylic acids is 2. The van der Waals surface area contributed by atoms with Crippen LogP contribution in [-0.2, 0) is 20.7 Å². The molecule has 1 aromatic carbocycles. The lowest BCUT2D eigenvalue weighted by Crippen LogP contribution is -2.49. The van der Waals surface area contributed by atoms with Crippen LogP contribution in [0.5, 0.6) is 5.75 Å². The number of likely N-dealkylation sites (tertiary alicyclic amines) is 1. The molecule has 3 rings (SSSR count). The number of piperidine rings is 1. The Bertz CT molecular complexity index is 676. The second-order valence-electron chi connectivity index (χ2n) is 7.74. The molecule has 7 heteroatoms. The van der Waals surface area contributed by atoms with Crippen LogP contribution >= 0.6 is 0 Å². The molecule has 1 aromatic rings. The molecule has 1 atom stereocenters. The highest BCUT2D eigenvalue weighted by atomic mass is 16.5. The maximum atomic E-state index is 12.6. The molecule has 0 bridgehead atoms. The van der Waals surface area contributed by atoms with Crippen LogP contribution in [0.3, 0.4) is 0 Å². The van der Waals surface area contributed by atoms with Gasteiger partial charge in [-0.3, -0.25) is 14.5 Å². The van der Waals surface area contributed by atoms with Gasteiger partial charge in [0, 0.05) is 45.7 Å². The van der Waals surface area contributed by atoms with Gasteiger partial charge in [0.05, 0.1) is 26.2 Å². The minimum atomic E-state index is -0.108. The van der Waals surface area contributed by atoms with Gasteiger partial charge in [-0.1, -0.05) is 18.2 Å². The average molecular weight is 404 g/mol. The van der Waals surface area contributed by atoms with Crippen LogP contribution in [0.2, 0.25) is 0 Å². The van der Waals surface area contributed by atoms with E-state index in [2.05, 4.69) is 16.3 Å². The molecule has 0 aliphatic carbocycles. The smallest absolute Gasteiger partial charge is 0.224 e. The van der Waals surface area contributed by atoms with Gasteiger partial charge in [0.2, 0.25) is 11.8 Å². The third kappa shape index (κ3) is 6.44. The Kier molecular flexibility index (Phi) is 8.31. The molecule has 2 amide bonds. The highest BCUT2D eigenvalue weighted by Gasteiger charge is 2.30. The van der Waals surface area contributed by atoms with Gasteiger partial charge in [0.25, 0.3) is 0 Å². The molecule has 2 heterocycles. The highest BCUT2D eigenvalue weighted by molar-refractivity contribution is 5.83. The fourth-order valence-electron chi connectivity index (χ4n) is 3.98. The lowest BCUT2D eigenvalue weighted by molar-refractivity contribution is -0.138. The standard InChI is InChI=1S/C22H33N3O4/c1-28-20-7-3-2-5-18(20)6-4-10-23-22(27)19-8-9-21(26)25(17-19)12-11-24-13-15-29-16-14-24/h2-3,5,7,19H,4,6,8-17H2,1H3,(H,23,27)/t19-/m0/s1. The summed E-state index contributed by atoms with van der Waals surface area (Å²) in [4.78, 5) is 29.0. The number of rotatable bonds is 9. The van der Waals surface area contributed by atoms with E-state index in [1.807, 2.05) is 23.1 Å². The molecule has 160 valence electrons. The van der Waals surface area contributed by atoms with Crippen LogP contribution in [0.25, 0.3) is 0 Å². The van der Waals surface area contributed by atoms with Gasteiger partial charge in [-0.05, 0) is 30.9 Å². The van der Waals surface area contributed by atoms with Crippen molar-refractivity contribution < 1.29 is 19.1 Å². The van der Waals surface area contributed by atoms with Crippen LogP contribution in [0.4, 0.5) is 0 Å². The Balaban J connectivity index is 1.38. The van der Waals surface area contributed by atoms with Crippen molar-refractivity contribution in [1.29, 1.82) is 0 Å². The van der Waals surface area contributed by atoms with Crippen LogP contribution in [0.15, 0.2) is 24.3 Å². The molecule has 29 heavy (non-hydrogen) atoms. The Labute approximate surface area is 173 Å². The molecule has 0 spiro atoms. The maximum absolute atomic E-state index is 12.6. The lowest BCUT2D eigenvalue weighted by atomic mass is 9.96. The van der Waals surface area contributed by atoms with E-state index in [0.717, 1.165) is 57.0 Å². The second-order valence-corrected chi connectivity index (χ2v) is 7.74. The predicted octanol–water partition coefficient (Wildman–Crippen LogP) is 1.31. The number of aryl methyl sites for hydroxylation is 1. The monoisotopic (exact) mass is 403 g/mol. The summed E-state index contributed by atoms with van der Waals surface area (Å²) in [5, 5.41) is 3.06. The zero-order valence-electron chi connectivity index (χ0n) is 17.4. The molecule has 2 fully saturated rings. The van der Waals surface area contributed by atoms with E-state index >= 15 is 0 Å². The van der Waals surface area contributed by atoms with E-state index in [0.29, 0.717) is 32.5 Å². The van der Waals surface area contributed by atoms with E-state index in [1.165, 1.54) is 0 Å². The van der Waals surface area contributed by atoms with Crippen molar-refractivity contribution in [2.75, 3.05) is 59.6 Å². The molecular formula is C22H33N3O4. The van der Waals surface area contributed by atoms with Crippen molar-refractivity contribution in [3.05, 3.63) is 29.8 Å². The van der Waals surface area contributed by atoms with Gasteiger partial charge in [0.1, 0.15) is 5.75 Å². The second kappa shape index (κ2) is 11.2. The Morgan fingerprint density at radius 3 is 2.83 bits per heavy atom. The fourth-order valence-corrected chi connectivity index (χ4v) is 3.98. The maximum Gasteiger partial charge on any atom is 0.224 e. The topological polar surface area (TPSA) is 71.1 Å². The summed E-state index contributed by atoms with van der Waals surface area (Å²) in [6.45, 7) is 6.05. The SMILES string of the molecule is COc1ccccc1CCCNC(=O)[C@H]1CCC(=O)N(CCN2CCOCC2)C1. The summed E-state index contributed by atoms with van der Waals surface area (Å²) < 4.78 is 10.7. The number of nitrogens with one attached hydrogen (secondary N) is 1. The van der Waals surface area contributed by atoms with Crippen LogP contribution < -0.4 is 10.1 Å². The minimum absolute atomic E-state index is 0.0638. The van der Waals surface area contributed by atoms with Gasteiger partial charge in [-0.25, -0.2) is 0 Å². The molecule has 1 N–H and O–H groups in total. The van der Waals surface area contributed by atoms with Crippen LogP contribution in [0, 0.1) is 5.92 Å². The number of carbonyl (C=O) groups is 2. The van der Waals surface area contributed by atoms with Crippen molar-refractivity contribution in [1.82, 2.24) is 15.1 Å². The van der Waals surface area contributed by atoms with Crippen LogP contribution in [-0.4, -0.2) is 81.2 Å². The normalized spacial score (nSPS) is 20.5. The van der Waals surface area contributed by atoms with Gasteiger partial charge >= 0.3 is 0 Å². The summed E-state index contributed by atoms with van der Waals surface area (Å²) >= 11 is 0. The average Bonchev–Trinajstić information content (AvgIpc) is 2.77. The molecular weight excluding hydrogens is 370 g/mol. The van der Waals surface area contributed by atoms with Gasteiger partial charge in [0.15, 0.2) is 0 Å². The minimum Gasteiger partial charge on any atom is -0.496 e. The van der Waals surface area contributed by atoms with Crippen molar-refractivity contribution in [3.8, 4) is 5.75 Å². The number of methoxy groups -OCH3 is 1. The molecule has 0 saturated carbocycles. The van der Waals surface area contributed by atoms with E-state index in [-0.39, 0.29) is 17.7 Å². The fraction of sp³-hybridized carbons (Fsp3) is 0.636. The van der Waals surface area contributed by atoms with Crippen molar-refractivity contribution in [3.63, 3.8) is 0 Å². The Morgan fingerprint density at radius 1 is 1.24 bits per heavy atom. The van der Waals surface area contributed by atoms with Gasteiger partial charge in [-0.15, -0.1) is 0 Å². The molecule has 2 saturated heterocycles. The summed E-state index contributed by atoms with van der Waals surface area (Å²) in [5.74, 6) is 1.01. The molecule has 0 radical (unpaired) electrons. The third-order valence-electron chi connectivity index (χ3n) is 5.78. The summed E-state index contributed by atoms with van der Waals surface area (Å²) in [6.07, 6.45) is 2.82. The van der Waals surface area contributed by atoms with E-state index in [9.17, 15) is 9.59 Å². The van der Waals surface area contributed by atoms with Gasteiger partial charge < -0.3 is 19.7 Å². The highest BCUT2D eigenvalue weighted by Crippen LogP contribution is 2.19. The molecule has 7 nitrogen and oxygen atoms in total. The molecule has 0 unspecified atom stereocenters. The van der Waals surface area contributed by atoms with E-state index in [4.69, 9.17) is 9.47 Å². The number of hydrogen-bond acceptors (Lipinski definition) is 5. The summed E-state index contributed by atoms with van der Waals surface area (Å²) in [6, 6.07) is 7.97. The lowest BCUT2D eigenvalue weighted by Gasteiger charge is -2.34. The quantitative estimate of drug-likeness (QED) is 0.630. The first-order chi connectivity index (χ1) is 14.2. The van der Waals surface area contributed by atoms with Crippen molar-refractivity contribution in [2.24, 2.45) is 5.92 Å². The first-order valence-electron chi connectivity index (χ1n) is 10.6. The number of morpholine rings is 1. The largest absolute Gasteiger partial charge is 0.496 e. The zero-order valence-corrected chi connectivity index (χ0v) is 17.4. The Morgan fingerprint density at radius 2 is 2.03 bits per heavy atom. The number of hydrogen-bond donors (Lipinski definition) is 1. The first-order valence-corrected chi connectivity index (χ1v) is 10.6. The number of amides is 2. The molecule has 2 aliphatic heterocycles. The van der Waals surface area contributed by atoms with Crippen molar-refractivity contribution >= 4 is 11.8 Å². The zero-order chi connectivity index (χ0) is 20.5. The number of benzene rings is 1. The first kappa shape index (κ1) is 21.6. The summed E-state index contributed by atoms with van der Waals surface area (Å²) in [7, 11) is 1.68. The Hall–Kier alpha value is -2.12. The molecule has 0 aromatic heterocycles. The van der Waals surface area contributed by atoms with Crippen LogP contribution in [0.1, 0.15) is 24.8 Å². The van der Waals surface area contributed by atoms with Gasteiger partial charge in [-0.2, -0.15) is 0 Å².